The molecule has 0 spiro atoms. The molecule has 0 atom stereocenters. The normalized spacial score (nSPS) is 13.6. The van der Waals surface area contributed by atoms with E-state index < -0.39 is 10.0 Å². The molecule has 1 aliphatic heterocycles. The molecule has 28 heavy (non-hydrogen) atoms. The second kappa shape index (κ2) is 7.64. The maximum atomic E-state index is 13.5. The molecule has 1 heterocycles. The molecular formula is C23H23NO2S2. The number of thioether (sulfide) groups is 1. The first kappa shape index (κ1) is 19.1. The summed E-state index contributed by atoms with van der Waals surface area (Å²) in [6.45, 7) is 4.56. The lowest BCUT2D eigenvalue weighted by atomic mass is 10.2. The van der Waals surface area contributed by atoms with Crippen molar-refractivity contribution < 1.29 is 8.42 Å². The molecule has 0 N–H and O–H groups in total. The van der Waals surface area contributed by atoms with Crippen LogP contribution < -0.4 is 4.31 Å². The monoisotopic (exact) mass is 409 g/mol. The number of hydrogen-bond donors (Lipinski definition) is 0. The molecule has 3 aromatic carbocycles. The van der Waals surface area contributed by atoms with E-state index in [-0.39, 0.29) is 0 Å². The fourth-order valence-corrected chi connectivity index (χ4v) is 6.23. The second-order valence-electron chi connectivity index (χ2n) is 7.17. The fraction of sp³-hybridized carbons (Fsp3) is 0.217. The van der Waals surface area contributed by atoms with Crippen molar-refractivity contribution in [3.8, 4) is 0 Å². The molecule has 0 radical (unpaired) electrons. The minimum absolute atomic E-state index is 0.411. The highest BCUT2D eigenvalue weighted by atomic mass is 32.2. The summed E-state index contributed by atoms with van der Waals surface area (Å²) in [6.07, 6.45) is 0.759. The lowest BCUT2D eigenvalue weighted by Crippen LogP contribution is -2.29. The minimum Gasteiger partial charge on any atom is -0.266 e. The minimum atomic E-state index is -3.59. The first-order valence-electron chi connectivity index (χ1n) is 9.35. The van der Waals surface area contributed by atoms with Crippen LogP contribution in [0.5, 0.6) is 0 Å². The number of fused-ring (bicyclic) bond motifs is 1. The van der Waals surface area contributed by atoms with E-state index in [2.05, 4.69) is 31.2 Å². The lowest BCUT2D eigenvalue weighted by molar-refractivity contribution is 0.591. The van der Waals surface area contributed by atoms with E-state index in [1.54, 1.807) is 22.1 Å². The van der Waals surface area contributed by atoms with Gasteiger partial charge in [0.25, 0.3) is 10.0 Å². The molecule has 1 aliphatic rings. The maximum absolute atomic E-state index is 13.5. The topological polar surface area (TPSA) is 37.4 Å². The Bertz CT molecular complexity index is 1110. The van der Waals surface area contributed by atoms with Gasteiger partial charge in [0.05, 0.1) is 10.6 Å². The van der Waals surface area contributed by atoms with Crippen LogP contribution in [0.25, 0.3) is 0 Å². The number of benzene rings is 3. The number of nitrogens with zero attached hydrogens (tertiary/aromatic N) is 1. The van der Waals surface area contributed by atoms with Gasteiger partial charge in [-0.3, -0.25) is 4.31 Å². The van der Waals surface area contributed by atoms with Gasteiger partial charge >= 0.3 is 0 Å². The zero-order chi connectivity index (χ0) is 19.7. The van der Waals surface area contributed by atoms with E-state index in [0.29, 0.717) is 17.2 Å². The van der Waals surface area contributed by atoms with Gasteiger partial charge in [-0.05, 0) is 55.7 Å². The first-order valence-corrected chi connectivity index (χ1v) is 11.8. The standard InChI is InChI=1S/C23H23NO2S2/c1-17-7-10-21(11-8-17)27-16-20-15-18(2)9-12-23(20)28(25,26)24-14-13-19-5-3-4-6-22(19)24/h3-12,15H,13-14,16H2,1-2H3. The van der Waals surface area contributed by atoms with Gasteiger partial charge in [-0.25, -0.2) is 8.42 Å². The van der Waals surface area contributed by atoms with Gasteiger partial charge in [-0.15, -0.1) is 11.8 Å². The number of aryl methyl sites for hydroxylation is 2. The zero-order valence-electron chi connectivity index (χ0n) is 16.1. The Labute approximate surface area is 171 Å². The average Bonchev–Trinajstić information content (AvgIpc) is 3.12. The van der Waals surface area contributed by atoms with E-state index in [9.17, 15) is 8.42 Å². The summed E-state index contributed by atoms with van der Waals surface area (Å²) in [7, 11) is -3.59. The molecule has 3 nitrogen and oxygen atoms in total. The number of rotatable bonds is 5. The van der Waals surface area contributed by atoms with Crippen molar-refractivity contribution in [3.05, 3.63) is 89.0 Å². The molecule has 0 aromatic heterocycles. The van der Waals surface area contributed by atoms with Crippen LogP contribution in [0.15, 0.2) is 76.5 Å². The summed E-state index contributed by atoms with van der Waals surface area (Å²) in [4.78, 5) is 1.55. The third-order valence-electron chi connectivity index (χ3n) is 5.04. The van der Waals surface area contributed by atoms with Gasteiger partial charge in [-0.2, -0.15) is 0 Å². The van der Waals surface area contributed by atoms with Crippen LogP contribution in [-0.2, 0) is 22.2 Å². The largest absolute Gasteiger partial charge is 0.266 e. The van der Waals surface area contributed by atoms with E-state index in [1.165, 1.54) is 5.56 Å². The summed E-state index contributed by atoms with van der Waals surface area (Å²) in [6, 6.07) is 21.7. The summed E-state index contributed by atoms with van der Waals surface area (Å²) < 4.78 is 28.6. The van der Waals surface area contributed by atoms with Gasteiger partial charge in [-0.1, -0.05) is 53.6 Å². The zero-order valence-corrected chi connectivity index (χ0v) is 17.7. The van der Waals surface area contributed by atoms with Crippen LogP contribution in [0.3, 0.4) is 0 Å². The molecule has 0 unspecified atom stereocenters. The predicted octanol–water partition coefficient (Wildman–Crippen LogP) is 5.35. The predicted molar refractivity (Wildman–Crippen MR) is 117 cm³/mol. The van der Waals surface area contributed by atoms with Crippen LogP contribution in [0.4, 0.5) is 5.69 Å². The van der Waals surface area contributed by atoms with Gasteiger partial charge in [0.2, 0.25) is 0 Å². The summed E-state index contributed by atoms with van der Waals surface area (Å²) in [5, 5.41) is 0. The molecule has 4 rings (SSSR count). The number of hydrogen-bond acceptors (Lipinski definition) is 3. The highest BCUT2D eigenvalue weighted by Crippen LogP contribution is 2.35. The highest BCUT2D eigenvalue weighted by molar-refractivity contribution is 7.98. The molecule has 0 fully saturated rings. The molecule has 0 saturated heterocycles. The van der Waals surface area contributed by atoms with Gasteiger partial charge in [0, 0.05) is 17.2 Å². The average molecular weight is 410 g/mol. The maximum Gasteiger partial charge on any atom is 0.264 e. The first-order chi connectivity index (χ1) is 13.4. The molecule has 0 amide bonds. The van der Waals surface area contributed by atoms with Crippen molar-refractivity contribution in [2.45, 2.75) is 35.8 Å². The van der Waals surface area contributed by atoms with Crippen molar-refractivity contribution >= 4 is 27.5 Å². The van der Waals surface area contributed by atoms with E-state index >= 15 is 0 Å². The van der Waals surface area contributed by atoms with Crippen molar-refractivity contribution in [1.29, 1.82) is 0 Å². The third kappa shape index (κ3) is 3.69. The lowest BCUT2D eigenvalue weighted by Gasteiger charge is -2.21. The molecule has 0 saturated carbocycles. The Hall–Kier alpha value is -2.24. The molecule has 5 heteroatoms. The van der Waals surface area contributed by atoms with E-state index in [4.69, 9.17) is 0 Å². The Kier molecular flexibility index (Phi) is 5.21. The Morgan fingerprint density at radius 2 is 1.64 bits per heavy atom. The van der Waals surface area contributed by atoms with Crippen molar-refractivity contribution in [2.75, 3.05) is 10.8 Å². The SMILES string of the molecule is Cc1ccc(SCc2cc(C)ccc2S(=O)(=O)N2CCc3ccccc32)cc1. The highest BCUT2D eigenvalue weighted by Gasteiger charge is 2.32. The summed E-state index contributed by atoms with van der Waals surface area (Å²) in [5.41, 5.74) is 5.04. The van der Waals surface area contributed by atoms with Crippen molar-refractivity contribution in [1.82, 2.24) is 0 Å². The third-order valence-corrected chi connectivity index (χ3v) is 8.02. The van der Waals surface area contributed by atoms with Crippen molar-refractivity contribution in [3.63, 3.8) is 0 Å². The van der Waals surface area contributed by atoms with Crippen LogP contribution in [0, 0.1) is 13.8 Å². The fourth-order valence-electron chi connectivity index (χ4n) is 3.54. The second-order valence-corrected chi connectivity index (χ2v) is 10.0. The number of anilines is 1. The van der Waals surface area contributed by atoms with Crippen LogP contribution in [-0.4, -0.2) is 15.0 Å². The molecule has 3 aromatic rings. The van der Waals surface area contributed by atoms with E-state index in [1.807, 2.05) is 43.3 Å². The smallest absolute Gasteiger partial charge is 0.264 e. The van der Waals surface area contributed by atoms with E-state index in [0.717, 1.165) is 33.7 Å². The summed E-state index contributed by atoms with van der Waals surface area (Å²) in [5.74, 6) is 0.620. The molecule has 144 valence electrons. The molecule has 0 bridgehead atoms. The van der Waals surface area contributed by atoms with Gasteiger partial charge in [0.15, 0.2) is 0 Å². The molecular weight excluding hydrogens is 386 g/mol. The van der Waals surface area contributed by atoms with Crippen LogP contribution in [0.1, 0.15) is 22.3 Å². The Morgan fingerprint density at radius 3 is 2.43 bits per heavy atom. The van der Waals surface area contributed by atoms with Crippen LogP contribution >= 0.6 is 11.8 Å². The Morgan fingerprint density at radius 1 is 0.929 bits per heavy atom. The van der Waals surface area contributed by atoms with Crippen LogP contribution in [0.2, 0.25) is 0 Å². The number of para-hydroxylation sites is 1. The Balaban J connectivity index is 1.67. The van der Waals surface area contributed by atoms with Gasteiger partial charge < -0.3 is 0 Å². The quantitative estimate of drug-likeness (QED) is 0.533. The molecule has 0 aliphatic carbocycles. The number of sulfonamides is 1. The summed E-state index contributed by atoms with van der Waals surface area (Å²) >= 11 is 1.67. The van der Waals surface area contributed by atoms with Gasteiger partial charge in [0.1, 0.15) is 0 Å². The van der Waals surface area contributed by atoms with Crippen molar-refractivity contribution in [2.24, 2.45) is 0 Å².